The van der Waals surface area contributed by atoms with E-state index < -0.39 is 0 Å². The Hall–Kier alpha value is -3.48. The van der Waals surface area contributed by atoms with E-state index in [0.717, 1.165) is 5.56 Å². The van der Waals surface area contributed by atoms with Gasteiger partial charge in [0.2, 0.25) is 0 Å². The van der Waals surface area contributed by atoms with Crippen molar-refractivity contribution in [3.8, 4) is 17.0 Å². The van der Waals surface area contributed by atoms with Gasteiger partial charge in [-0.2, -0.15) is 5.10 Å². The first kappa shape index (κ1) is 19.3. The fourth-order valence-corrected chi connectivity index (χ4v) is 2.56. The second-order valence-corrected chi connectivity index (χ2v) is 6.09. The standard InChI is InChI=1S/C21H20FN3O3/c22-17-9-7-16(8-10-17)19-11-12-21(27)25(24-19)14-4-13-23-20(26)15-28-18-5-2-1-3-6-18/h1-3,5-12H,4,13-15H2,(H,23,26). The van der Waals surface area contributed by atoms with Gasteiger partial charge < -0.3 is 10.1 Å². The van der Waals surface area contributed by atoms with E-state index in [0.29, 0.717) is 31.0 Å². The summed E-state index contributed by atoms with van der Waals surface area (Å²) in [4.78, 5) is 23.8. The van der Waals surface area contributed by atoms with E-state index in [9.17, 15) is 14.0 Å². The molecule has 3 rings (SSSR count). The summed E-state index contributed by atoms with van der Waals surface area (Å²) < 4.78 is 19.8. The van der Waals surface area contributed by atoms with Crippen molar-refractivity contribution in [2.75, 3.05) is 13.2 Å². The van der Waals surface area contributed by atoms with E-state index in [4.69, 9.17) is 4.74 Å². The molecule has 7 heteroatoms. The van der Waals surface area contributed by atoms with Crippen LogP contribution in [-0.4, -0.2) is 28.8 Å². The predicted octanol–water partition coefficient (Wildman–Crippen LogP) is 2.63. The molecule has 6 nitrogen and oxygen atoms in total. The summed E-state index contributed by atoms with van der Waals surface area (Å²) in [5.41, 5.74) is 1.08. The lowest BCUT2D eigenvalue weighted by molar-refractivity contribution is -0.123. The fourth-order valence-electron chi connectivity index (χ4n) is 2.56. The van der Waals surface area contributed by atoms with Crippen molar-refractivity contribution in [2.24, 2.45) is 0 Å². The van der Waals surface area contributed by atoms with Crippen molar-refractivity contribution < 1.29 is 13.9 Å². The minimum Gasteiger partial charge on any atom is -0.484 e. The van der Waals surface area contributed by atoms with Gasteiger partial charge in [-0.3, -0.25) is 9.59 Å². The van der Waals surface area contributed by atoms with Crippen molar-refractivity contribution in [1.82, 2.24) is 15.1 Å². The molecule has 0 unspecified atom stereocenters. The quantitative estimate of drug-likeness (QED) is 0.609. The molecule has 0 spiro atoms. The molecule has 1 heterocycles. The molecule has 0 atom stereocenters. The molecule has 0 aliphatic rings. The third-order valence-corrected chi connectivity index (χ3v) is 3.99. The van der Waals surface area contributed by atoms with Crippen LogP contribution in [0.5, 0.6) is 5.75 Å². The smallest absolute Gasteiger partial charge is 0.266 e. The number of carbonyl (C=O) groups excluding carboxylic acids is 1. The molecular formula is C21H20FN3O3. The zero-order valence-corrected chi connectivity index (χ0v) is 15.2. The molecule has 0 aliphatic heterocycles. The fraction of sp³-hybridized carbons (Fsp3) is 0.190. The molecule has 0 saturated carbocycles. The van der Waals surface area contributed by atoms with Crippen LogP contribution in [0.25, 0.3) is 11.3 Å². The van der Waals surface area contributed by atoms with E-state index in [2.05, 4.69) is 10.4 Å². The Bertz CT molecular complexity index is 972. The average Bonchev–Trinajstić information content (AvgIpc) is 2.72. The number of hydrogen-bond acceptors (Lipinski definition) is 4. The lowest BCUT2D eigenvalue weighted by atomic mass is 10.1. The molecule has 1 N–H and O–H groups in total. The number of para-hydroxylation sites is 1. The van der Waals surface area contributed by atoms with Crippen LogP contribution in [0.2, 0.25) is 0 Å². The van der Waals surface area contributed by atoms with E-state index in [1.165, 1.54) is 22.9 Å². The van der Waals surface area contributed by atoms with Crippen molar-refractivity contribution in [3.05, 3.63) is 82.9 Å². The number of carbonyl (C=O) groups is 1. The number of halogens is 1. The van der Waals surface area contributed by atoms with Gasteiger partial charge in [-0.25, -0.2) is 9.07 Å². The van der Waals surface area contributed by atoms with E-state index in [1.807, 2.05) is 18.2 Å². The van der Waals surface area contributed by atoms with Gasteiger partial charge in [0.25, 0.3) is 11.5 Å². The number of amides is 1. The SMILES string of the molecule is O=C(COc1ccccc1)NCCCn1nc(-c2ccc(F)cc2)ccc1=O. The minimum absolute atomic E-state index is 0.0672. The lowest BCUT2D eigenvalue weighted by Crippen LogP contribution is -2.31. The first-order chi connectivity index (χ1) is 13.6. The van der Waals surface area contributed by atoms with Gasteiger partial charge in [-0.05, 0) is 48.9 Å². The van der Waals surface area contributed by atoms with E-state index in [-0.39, 0.29) is 23.9 Å². The molecule has 1 aromatic heterocycles. The van der Waals surface area contributed by atoms with Crippen molar-refractivity contribution in [1.29, 1.82) is 0 Å². The van der Waals surface area contributed by atoms with Crippen molar-refractivity contribution in [3.63, 3.8) is 0 Å². The number of aromatic nitrogens is 2. The molecule has 144 valence electrons. The summed E-state index contributed by atoms with van der Waals surface area (Å²) in [6.07, 6.45) is 0.539. The van der Waals surface area contributed by atoms with Gasteiger partial charge in [0.15, 0.2) is 6.61 Å². The second-order valence-electron chi connectivity index (χ2n) is 6.09. The molecule has 0 saturated heterocycles. The van der Waals surface area contributed by atoms with Gasteiger partial charge in [-0.1, -0.05) is 18.2 Å². The van der Waals surface area contributed by atoms with Gasteiger partial charge in [0.1, 0.15) is 11.6 Å². The number of rotatable bonds is 8. The third-order valence-electron chi connectivity index (χ3n) is 3.99. The van der Waals surface area contributed by atoms with Crippen LogP contribution >= 0.6 is 0 Å². The van der Waals surface area contributed by atoms with Crippen LogP contribution in [0, 0.1) is 5.82 Å². The number of benzene rings is 2. The zero-order chi connectivity index (χ0) is 19.8. The molecule has 1 amide bonds. The molecule has 0 bridgehead atoms. The van der Waals surface area contributed by atoms with Crippen LogP contribution < -0.4 is 15.6 Å². The Morgan fingerprint density at radius 2 is 1.79 bits per heavy atom. The Labute approximate surface area is 161 Å². The van der Waals surface area contributed by atoms with Gasteiger partial charge >= 0.3 is 0 Å². The van der Waals surface area contributed by atoms with Gasteiger partial charge in [-0.15, -0.1) is 0 Å². The summed E-state index contributed by atoms with van der Waals surface area (Å²) in [7, 11) is 0. The highest BCUT2D eigenvalue weighted by Crippen LogP contribution is 2.15. The Morgan fingerprint density at radius 3 is 2.54 bits per heavy atom. The Kier molecular flexibility index (Phi) is 6.51. The second kappa shape index (κ2) is 9.45. The number of aryl methyl sites for hydroxylation is 1. The van der Waals surface area contributed by atoms with Crippen LogP contribution in [0.1, 0.15) is 6.42 Å². The molecule has 28 heavy (non-hydrogen) atoms. The topological polar surface area (TPSA) is 73.2 Å². The highest BCUT2D eigenvalue weighted by molar-refractivity contribution is 5.77. The molecule has 0 aliphatic carbocycles. The summed E-state index contributed by atoms with van der Waals surface area (Å²) in [6.45, 7) is 0.682. The van der Waals surface area contributed by atoms with Crippen molar-refractivity contribution in [2.45, 2.75) is 13.0 Å². The predicted molar refractivity (Wildman–Crippen MR) is 103 cm³/mol. The molecule has 0 fully saturated rings. The van der Waals surface area contributed by atoms with Gasteiger partial charge in [0.05, 0.1) is 5.69 Å². The summed E-state index contributed by atoms with van der Waals surface area (Å²) in [5.74, 6) is 0.0688. The van der Waals surface area contributed by atoms with Crippen LogP contribution in [0.3, 0.4) is 0 Å². The number of nitrogens with zero attached hydrogens (tertiary/aromatic N) is 2. The molecule has 2 aromatic carbocycles. The van der Waals surface area contributed by atoms with Gasteiger partial charge in [0, 0.05) is 24.7 Å². The summed E-state index contributed by atoms with van der Waals surface area (Å²) in [5, 5.41) is 7.06. The van der Waals surface area contributed by atoms with Crippen LogP contribution in [0.4, 0.5) is 4.39 Å². The van der Waals surface area contributed by atoms with Crippen LogP contribution in [0.15, 0.2) is 71.5 Å². The van der Waals surface area contributed by atoms with Crippen LogP contribution in [-0.2, 0) is 11.3 Å². The third kappa shape index (κ3) is 5.51. The maximum Gasteiger partial charge on any atom is 0.266 e. The molecular weight excluding hydrogens is 361 g/mol. The number of nitrogens with one attached hydrogen (secondary N) is 1. The number of hydrogen-bond donors (Lipinski definition) is 1. The maximum atomic E-state index is 13.0. The summed E-state index contributed by atoms with van der Waals surface area (Å²) in [6, 6.07) is 18.0. The first-order valence-corrected chi connectivity index (χ1v) is 8.90. The lowest BCUT2D eigenvalue weighted by Gasteiger charge is -2.09. The minimum atomic E-state index is -0.330. The Balaban J connectivity index is 1.48. The van der Waals surface area contributed by atoms with E-state index >= 15 is 0 Å². The average molecular weight is 381 g/mol. The zero-order valence-electron chi connectivity index (χ0n) is 15.2. The molecule has 3 aromatic rings. The maximum absolute atomic E-state index is 13.0. The van der Waals surface area contributed by atoms with Crippen molar-refractivity contribution >= 4 is 5.91 Å². The highest BCUT2D eigenvalue weighted by atomic mass is 19.1. The normalized spacial score (nSPS) is 10.5. The monoisotopic (exact) mass is 381 g/mol. The first-order valence-electron chi connectivity index (χ1n) is 8.90. The van der Waals surface area contributed by atoms with E-state index in [1.54, 1.807) is 30.3 Å². The summed E-state index contributed by atoms with van der Waals surface area (Å²) >= 11 is 0. The Morgan fingerprint density at radius 1 is 1.04 bits per heavy atom. The highest BCUT2D eigenvalue weighted by Gasteiger charge is 2.05. The molecule has 0 radical (unpaired) electrons. The largest absolute Gasteiger partial charge is 0.484 e. The number of ether oxygens (including phenoxy) is 1.